The van der Waals surface area contributed by atoms with Crippen molar-refractivity contribution in [1.29, 1.82) is 0 Å². The molecule has 7 heteroatoms. The molecule has 4 rings (SSSR count). The zero-order chi connectivity index (χ0) is 23.2. The van der Waals surface area contributed by atoms with Crippen molar-refractivity contribution >= 4 is 49.9 Å². The van der Waals surface area contributed by atoms with E-state index in [1.54, 1.807) is 16.4 Å². The summed E-state index contributed by atoms with van der Waals surface area (Å²) in [4.78, 5) is 0.347. The minimum absolute atomic E-state index is 0.194. The van der Waals surface area contributed by atoms with E-state index >= 15 is 0 Å². The molecule has 2 aliphatic rings. The fourth-order valence-corrected chi connectivity index (χ4v) is 6.31. The zero-order valence-electron chi connectivity index (χ0n) is 18.1. The standard InChI is InChI=1S/C24H26ClNO2S.CH2Cl2/c1-19-11-13-21(14-12-19)29(27,28)26-17-22(23(25)20-9-5-4-6-10-20)24(18-26)15-7-2-3-8-16-24;2-1-3/h2,4-7,9-14H,3,8,15-18H2,1H3;1H2/b23-22+;/t24-;/m0./s1. The van der Waals surface area contributed by atoms with Gasteiger partial charge in [-0.3, -0.25) is 0 Å². The van der Waals surface area contributed by atoms with Crippen molar-refractivity contribution in [2.45, 2.75) is 37.5 Å². The van der Waals surface area contributed by atoms with Crippen LogP contribution in [0.4, 0.5) is 0 Å². The fraction of sp³-hybridized carbons (Fsp3) is 0.360. The fourth-order valence-electron chi connectivity index (χ4n) is 4.43. The molecule has 1 heterocycles. The van der Waals surface area contributed by atoms with E-state index in [9.17, 15) is 8.42 Å². The molecule has 1 aliphatic heterocycles. The Morgan fingerprint density at radius 2 is 1.69 bits per heavy atom. The van der Waals surface area contributed by atoms with E-state index in [-0.39, 0.29) is 10.8 Å². The van der Waals surface area contributed by atoms with E-state index in [0.29, 0.717) is 23.0 Å². The normalized spacial score (nSPS) is 22.9. The van der Waals surface area contributed by atoms with Crippen molar-refractivity contribution < 1.29 is 8.42 Å². The van der Waals surface area contributed by atoms with E-state index in [1.165, 1.54) is 0 Å². The van der Waals surface area contributed by atoms with Gasteiger partial charge in [-0.15, -0.1) is 23.2 Å². The van der Waals surface area contributed by atoms with Crippen LogP contribution >= 0.6 is 34.8 Å². The summed E-state index contributed by atoms with van der Waals surface area (Å²) in [6.07, 6.45) is 8.24. The molecule has 1 spiro atoms. The molecule has 0 saturated carbocycles. The lowest BCUT2D eigenvalue weighted by atomic mass is 9.76. The highest BCUT2D eigenvalue weighted by Gasteiger charge is 2.47. The maximum absolute atomic E-state index is 13.4. The van der Waals surface area contributed by atoms with Gasteiger partial charge in [-0.1, -0.05) is 71.8 Å². The monoisotopic (exact) mass is 511 g/mol. The van der Waals surface area contributed by atoms with Gasteiger partial charge in [0.25, 0.3) is 0 Å². The molecule has 0 unspecified atom stereocenters. The van der Waals surface area contributed by atoms with Crippen molar-refractivity contribution in [2.24, 2.45) is 5.41 Å². The SMILES string of the molecule is Cc1ccc(S(=O)(=O)N2C/C(=C(\Cl)c3ccccc3)[C@]3(CC=CCCC3)C2)cc1.ClCCl. The lowest BCUT2D eigenvalue weighted by Gasteiger charge is -2.29. The molecule has 1 atom stereocenters. The third kappa shape index (κ3) is 5.60. The van der Waals surface area contributed by atoms with Crippen LogP contribution in [-0.4, -0.2) is 31.2 Å². The number of aryl methyl sites for hydroxylation is 1. The first-order valence-corrected chi connectivity index (χ1v) is 13.5. The molecular weight excluding hydrogens is 485 g/mol. The molecule has 0 aromatic heterocycles. The van der Waals surface area contributed by atoms with E-state index in [0.717, 1.165) is 42.4 Å². The van der Waals surface area contributed by atoms with Gasteiger partial charge in [0.1, 0.15) is 0 Å². The molecule has 32 heavy (non-hydrogen) atoms. The maximum Gasteiger partial charge on any atom is 0.243 e. The number of hydrogen-bond donors (Lipinski definition) is 0. The number of halogens is 3. The summed E-state index contributed by atoms with van der Waals surface area (Å²) in [5.74, 6) is 0. The van der Waals surface area contributed by atoms with Gasteiger partial charge in [0.2, 0.25) is 10.0 Å². The second-order valence-electron chi connectivity index (χ2n) is 8.19. The second-order valence-corrected chi connectivity index (χ2v) is 11.3. The predicted octanol–water partition coefficient (Wildman–Crippen LogP) is 7.19. The summed E-state index contributed by atoms with van der Waals surface area (Å²) in [7, 11) is -3.57. The first-order valence-electron chi connectivity index (χ1n) is 10.6. The van der Waals surface area contributed by atoms with Crippen molar-refractivity contribution in [3.63, 3.8) is 0 Å². The van der Waals surface area contributed by atoms with Crippen LogP contribution in [0.15, 0.2) is 77.2 Å². The van der Waals surface area contributed by atoms with E-state index in [1.807, 2.05) is 49.4 Å². The first-order chi connectivity index (χ1) is 15.3. The van der Waals surface area contributed by atoms with Crippen LogP contribution in [0.2, 0.25) is 0 Å². The molecule has 1 aliphatic carbocycles. The summed E-state index contributed by atoms with van der Waals surface area (Å²) in [5, 5.41) is 0.891. The zero-order valence-corrected chi connectivity index (χ0v) is 21.2. The van der Waals surface area contributed by atoms with Crippen molar-refractivity contribution in [3.05, 3.63) is 83.4 Å². The lowest BCUT2D eigenvalue weighted by molar-refractivity contribution is 0.322. The van der Waals surface area contributed by atoms with Gasteiger partial charge >= 0.3 is 0 Å². The van der Waals surface area contributed by atoms with Crippen LogP contribution in [0.3, 0.4) is 0 Å². The number of sulfonamides is 1. The highest BCUT2D eigenvalue weighted by molar-refractivity contribution is 7.89. The van der Waals surface area contributed by atoms with Crippen LogP contribution in [0, 0.1) is 12.3 Å². The van der Waals surface area contributed by atoms with Crippen LogP contribution in [0.25, 0.3) is 5.03 Å². The van der Waals surface area contributed by atoms with Gasteiger partial charge in [0, 0.05) is 23.5 Å². The van der Waals surface area contributed by atoms with Gasteiger partial charge in [-0.05, 0) is 55.9 Å². The van der Waals surface area contributed by atoms with Gasteiger partial charge in [-0.2, -0.15) is 4.31 Å². The molecule has 1 fully saturated rings. The molecule has 0 amide bonds. The van der Waals surface area contributed by atoms with Crippen LogP contribution < -0.4 is 0 Å². The van der Waals surface area contributed by atoms with Gasteiger partial charge in [0.05, 0.1) is 10.2 Å². The van der Waals surface area contributed by atoms with Crippen molar-refractivity contribution in [1.82, 2.24) is 4.31 Å². The lowest BCUT2D eigenvalue weighted by Crippen LogP contribution is -2.32. The minimum atomic E-state index is -3.57. The Morgan fingerprint density at radius 3 is 2.34 bits per heavy atom. The smallest absolute Gasteiger partial charge is 0.207 e. The number of benzene rings is 2. The van der Waals surface area contributed by atoms with Crippen LogP contribution in [0.5, 0.6) is 0 Å². The van der Waals surface area contributed by atoms with Crippen molar-refractivity contribution in [3.8, 4) is 0 Å². The minimum Gasteiger partial charge on any atom is -0.207 e. The van der Waals surface area contributed by atoms with Crippen LogP contribution in [-0.2, 0) is 10.0 Å². The van der Waals surface area contributed by atoms with Gasteiger partial charge in [-0.25, -0.2) is 8.42 Å². The molecular formula is C25H28Cl3NO2S. The van der Waals surface area contributed by atoms with Gasteiger partial charge < -0.3 is 0 Å². The average Bonchev–Trinajstić information content (AvgIpc) is 3.01. The molecule has 0 bridgehead atoms. The molecule has 2 aromatic carbocycles. The quantitative estimate of drug-likeness (QED) is 0.322. The number of allylic oxidation sites excluding steroid dienone is 2. The van der Waals surface area contributed by atoms with Crippen LogP contribution in [0.1, 0.15) is 36.8 Å². The Bertz CT molecular complexity index is 1070. The molecule has 2 aromatic rings. The molecule has 172 valence electrons. The third-order valence-corrected chi connectivity index (χ3v) is 8.36. The Balaban J connectivity index is 0.000000913. The predicted molar refractivity (Wildman–Crippen MR) is 136 cm³/mol. The second kappa shape index (κ2) is 11.2. The van der Waals surface area contributed by atoms with E-state index in [4.69, 9.17) is 34.8 Å². The molecule has 3 nitrogen and oxygen atoms in total. The number of rotatable bonds is 3. The van der Waals surface area contributed by atoms with E-state index < -0.39 is 10.0 Å². The summed E-state index contributed by atoms with van der Waals surface area (Å²) >= 11 is 16.4. The summed E-state index contributed by atoms with van der Waals surface area (Å²) < 4.78 is 28.4. The topological polar surface area (TPSA) is 37.4 Å². The van der Waals surface area contributed by atoms with Crippen molar-refractivity contribution in [2.75, 3.05) is 18.4 Å². The molecule has 0 N–H and O–H groups in total. The Kier molecular flexibility index (Phi) is 8.88. The number of alkyl halides is 2. The summed E-state index contributed by atoms with van der Waals surface area (Å²) in [6, 6.07) is 17.0. The Hall–Kier alpha value is -1.30. The highest BCUT2D eigenvalue weighted by atomic mass is 35.5. The first kappa shape index (κ1) is 25.3. The largest absolute Gasteiger partial charge is 0.243 e. The maximum atomic E-state index is 13.4. The van der Waals surface area contributed by atoms with Gasteiger partial charge in [0.15, 0.2) is 0 Å². The Morgan fingerprint density at radius 1 is 1.03 bits per heavy atom. The van der Waals surface area contributed by atoms with E-state index in [2.05, 4.69) is 12.2 Å². The number of hydrogen-bond acceptors (Lipinski definition) is 2. The number of nitrogens with zero attached hydrogens (tertiary/aromatic N) is 1. The summed E-state index contributed by atoms with van der Waals surface area (Å²) in [5.41, 5.74) is 2.81. The average molecular weight is 513 g/mol. The highest BCUT2D eigenvalue weighted by Crippen LogP contribution is 2.49. The third-order valence-electron chi connectivity index (χ3n) is 6.11. The molecule has 1 saturated heterocycles. The molecule has 0 radical (unpaired) electrons. The Labute approximate surface area is 206 Å². The summed E-state index contributed by atoms with van der Waals surface area (Å²) in [6.45, 7) is 2.78.